The molecule has 0 amide bonds. The number of anilines is 1. The Balaban J connectivity index is 3.18. The highest BCUT2D eigenvalue weighted by Gasteiger charge is 2.27. The maximum absolute atomic E-state index is 10.9. The summed E-state index contributed by atoms with van der Waals surface area (Å²) < 4.78 is 1.29. The Hall–Kier alpha value is -2.12. The Morgan fingerprint density at radius 3 is 2.71 bits per heavy atom. The van der Waals surface area contributed by atoms with Gasteiger partial charge in [-0.1, -0.05) is 6.92 Å². The van der Waals surface area contributed by atoms with E-state index in [1.165, 1.54) is 18.7 Å². The number of aliphatic carboxylic acids is 1. The van der Waals surface area contributed by atoms with E-state index in [2.05, 4.69) is 10.4 Å². The molecule has 0 aliphatic heterocycles. The summed E-state index contributed by atoms with van der Waals surface area (Å²) in [5, 5.41) is 26.3. The molecule has 1 atom stereocenters. The van der Waals surface area contributed by atoms with Gasteiger partial charge in [0.15, 0.2) is 0 Å². The van der Waals surface area contributed by atoms with Crippen molar-refractivity contribution in [1.29, 1.82) is 0 Å². The van der Waals surface area contributed by atoms with Gasteiger partial charge in [0.05, 0.1) is 4.92 Å². The van der Waals surface area contributed by atoms with Gasteiger partial charge in [0.25, 0.3) is 0 Å². The zero-order valence-electron chi connectivity index (χ0n) is 9.80. The minimum absolute atomic E-state index is 0.113. The second-order valence-corrected chi connectivity index (χ2v) is 3.58. The van der Waals surface area contributed by atoms with Crippen LogP contribution in [0.15, 0.2) is 0 Å². The molecule has 0 aliphatic carbocycles. The first-order chi connectivity index (χ1) is 7.88. The van der Waals surface area contributed by atoms with E-state index in [0.29, 0.717) is 12.1 Å². The molecule has 0 aliphatic rings. The summed E-state index contributed by atoms with van der Waals surface area (Å²) >= 11 is 0. The van der Waals surface area contributed by atoms with Crippen molar-refractivity contribution >= 4 is 17.5 Å². The summed E-state index contributed by atoms with van der Waals surface area (Å²) in [4.78, 5) is 21.1. The minimum Gasteiger partial charge on any atom is -0.480 e. The molecule has 0 bridgehead atoms. The average Bonchev–Trinajstić information content (AvgIpc) is 2.55. The zero-order chi connectivity index (χ0) is 13.2. The standard InChI is InChI=1S/C9H14N4O4/c1-4-6-7(13(16)17)8(12(3)11-6)10-5(2)9(14)15/h5,10H,4H2,1-3H3,(H,14,15). The van der Waals surface area contributed by atoms with E-state index in [9.17, 15) is 14.9 Å². The van der Waals surface area contributed by atoms with Gasteiger partial charge < -0.3 is 10.4 Å². The Kier molecular flexibility index (Phi) is 3.66. The second kappa shape index (κ2) is 4.81. The summed E-state index contributed by atoms with van der Waals surface area (Å²) in [6.07, 6.45) is 0.410. The monoisotopic (exact) mass is 242 g/mol. The number of nitrogens with one attached hydrogen (secondary N) is 1. The smallest absolute Gasteiger partial charge is 0.334 e. The predicted molar refractivity (Wildman–Crippen MR) is 60.0 cm³/mol. The third-order valence-corrected chi connectivity index (χ3v) is 2.33. The molecule has 8 heteroatoms. The average molecular weight is 242 g/mol. The highest BCUT2D eigenvalue weighted by atomic mass is 16.6. The number of nitrogens with zero attached hydrogens (tertiary/aromatic N) is 3. The second-order valence-electron chi connectivity index (χ2n) is 3.58. The fraction of sp³-hybridized carbons (Fsp3) is 0.556. The molecule has 1 unspecified atom stereocenters. The van der Waals surface area contributed by atoms with Gasteiger partial charge >= 0.3 is 11.7 Å². The van der Waals surface area contributed by atoms with Crippen LogP contribution in [-0.2, 0) is 18.3 Å². The van der Waals surface area contributed by atoms with Crippen LogP contribution in [0.25, 0.3) is 0 Å². The highest BCUT2D eigenvalue weighted by Crippen LogP contribution is 2.28. The van der Waals surface area contributed by atoms with Gasteiger partial charge in [-0.05, 0) is 13.3 Å². The summed E-state index contributed by atoms with van der Waals surface area (Å²) in [5.74, 6) is -0.972. The van der Waals surface area contributed by atoms with E-state index < -0.39 is 16.9 Å². The van der Waals surface area contributed by atoms with Crippen molar-refractivity contribution in [1.82, 2.24) is 9.78 Å². The first-order valence-electron chi connectivity index (χ1n) is 5.08. The molecule has 0 spiro atoms. The summed E-state index contributed by atoms with van der Waals surface area (Å²) in [6.45, 7) is 3.16. The molecule has 0 aromatic carbocycles. The highest BCUT2D eigenvalue weighted by molar-refractivity contribution is 5.77. The number of carbonyl (C=O) groups is 1. The fourth-order valence-electron chi connectivity index (χ4n) is 1.43. The van der Waals surface area contributed by atoms with Gasteiger partial charge in [-0.2, -0.15) is 5.10 Å². The lowest BCUT2D eigenvalue weighted by molar-refractivity contribution is -0.384. The molecule has 1 aromatic rings. The first kappa shape index (κ1) is 12.9. The van der Waals surface area contributed by atoms with Crippen molar-refractivity contribution in [3.05, 3.63) is 15.8 Å². The topological polar surface area (TPSA) is 110 Å². The van der Waals surface area contributed by atoms with Gasteiger partial charge in [-0.3, -0.25) is 14.9 Å². The van der Waals surface area contributed by atoms with Gasteiger partial charge in [-0.15, -0.1) is 0 Å². The van der Waals surface area contributed by atoms with Gasteiger partial charge in [0.1, 0.15) is 11.7 Å². The number of aromatic nitrogens is 2. The minimum atomic E-state index is -1.08. The van der Waals surface area contributed by atoms with E-state index in [1.807, 2.05) is 0 Å². The number of carboxylic acid groups (broad SMARTS) is 1. The Labute approximate surface area is 97.4 Å². The van der Waals surface area contributed by atoms with Crippen molar-refractivity contribution in [2.75, 3.05) is 5.32 Å². The maximum Gasteiger partial charge on any atom is 0.334 e. The van der Waals surface area contributed by atoms with Crippen LogP contribution in [0.1, 0.15) is 19.5 Å². The van der Waals surface area contributed by atoms with E-state index in [4.69, 9.17) is 5.11 Å². The van der Waals surface area contributed by atoms with Crippen LogP contribution in [0.2, 0.25) is 0 Å². The molecule has 8 nitrogen and oxygen atoms in total. The third-order valence-electron chi connectivity index (χ3n) is 2.33. The van der Waals surface area contributed by atoms with Crippen molar-refractivity contribution in [3.63, 3.8) is 0 Å². The van der Waals surface area contributed by atoms with Crippen LogP contribution < -0.4 is 5.32 Å². The number of carboxylic acids is 1. The number of aryl methyl sites for hydroxylation is 2. The van der Waals surface area contributed by atoms with Crippen molar-refractivity contribution in [2.24, 2.45) is 7.05 Å². The molecule has 17 heavy (non-hydrogen) atoms. The molecular formula is C9H14N4O4. The molecule has 0 radical (unpaired) electrons. The molecule has 2 N–H and O–H groups in total. The van der Waals surface area contributed by atoms with E-state index in [0.717, 1.165) is 0 Å². The summed E-state index contributed by atoms with van der Waals surface area (Å²) in [7, 11) is 1.53. The van der Waals surface area contributed by atoms with Crippen LogP contribution in [0, 0.1) is 10.1 Å². The zero-order valence-corrected chi connectivity index (χ0v) is 9.80. The van der Waals surface area contributed by atoms with E-state index in [1.54, 1.807) is 6.92 Å². The van der Waals surface area contributed by atoms with Crippen molar-refractivity contribution in [3.8, 4) is 0 Å². The number of rotatable bonds is 5. The Morgan fingerprint density at radius 2 is 2.29 bits per heavy atom. The lowest BCUT2D eigenvalue weighted by Crippen LogP contribution is -2.26. The molecule has 0 saturated carbocycles. The third kappa shape index (κ3) is 2.52. The lowest BCUT2D eigenvalue weighted by Gasteiger charge is -2.09. The SMILES string of the molecule is CCc1nn(C)c(NC(C)C(=O)O)c1[N+](=O)[O-]. The summed E-state index contributed by atoms with van der Waals surface area (Å²) in [6, 6.07) is -0.922. The molecule has 94 valence electrons. The van der Waals surface area contributed by atoms with Crippen LogP contribution in [0.5, 0.6) is 0 Å². The number of hydrogen-bond donors (Lipinski definition) is 2. The number of hydrogen-bond acceptors (Lipinski definition) is 5. The molecule has 1 aromatic heterocycles. The van der Waals surface area contributed by atoms with E-state index in [-0.39, 0.29) is 11.5 Å². The molecule has 1 rings (SSSR count). The van der Waals surface area contributed by atoms with Crippen LogP contribution in [-0.4, -0.2) is 31.8 Å². The molecule has 1 heterocycles. The maximum atomic E-state index is 10.9. The quantitative estimate of drug-likeness (QED) is 0.583. The van der Waals surface area contributed by atoms with Gasteiger partial charge in [-0.25, -0.2) is 4.68 Å². The van der Waals surface area contributed by atoms with Crippen LogP contribution in [0.3, 0.4) is 0 Å². The van der Waals surface area contributed by atoms with Crippen LogP contribution >= 0.6 is 0 Å². The van der Waals surface area contributed by atoms with E-state index >= 15 is 0 Å². The Bertz CT molecular complexity index is 454. The molecule has 0 saturated heterocycles. The molecular weight excluding hydrogens is 228 g/mol. The van der Waals surface area contributed by atoms with Crippen molar-refractivity contribution < 1.29 is 14.8 Å². The first-order valence-corrected chi connectivity index (χ1v) is 5.08. The number of nitro groups is 1. The van der Waals surface area contributed by atoms with Crippen LogP contribution in [0.4, 0.5) is 11.5 Å². The van der Waals surface area contributed by atoms with Gasteiger partial charge in [0.2, 0.25) is 5.82 Å². The normalized spacial score (nSPS) is 12.2. The van der Waals surface area contributed by atoms with Gasteiger partial charge in [0, 0.05) is 7.05 Å². The van der Waals surface area contributed by atoms with Crippen molar-refractivity contribution in [2.45, 2.75) is 26.3 Å². The fourth-order valence-corrected chi connectivity index (χ4v) is 1.43. The predicted octanol–water partition coefficient (Wildman–Crippen LogP) is 0.776. The molecule has 0 fully saturated rings. The largest absolute Gasteiger partial charge is 0.480 e. The summed E-state index contributed by atoms with van der Waals surface area (Å²) in [5.41, 5.74) is 0.167. The lowest BCUT2D eigenvalue weighted by atomic mass is 10.2. The Morgan fingerprint density at radius 1 is 1.71 bits per heavy atom.